The van der Waals surface area contributed by atoms with Crippen molar-refractivity contribution in [1.82, 2.24) is 0 Å². The van der Waals surface area contributed by atoms with Gasteiger partial charge in [0.25, 0.3) is 0 Å². The van der Waals surface area contributed by atoms with Gasteiger partial charge in [-0.2, -0.15) is 0 Å². The van der Waals surface area contributed by atoms with Crippen molar-refractivity contribution in [3.8, 4) is 5.75 Å². The second-order valence-electron chi connectivity index (χ2n) is 5.84. The summed E-state index contributed by atoms with van der Waals surface area (Å²) in [5, 5.41) is 0. The molecular weight excluding hydrogens is 362 g/mol. The van der Waals surface area contributed by atoms with E-state index in [1.165, 1.54) is 32.1 Å². The van der Waals surface area contributed by atoms with Gasteiger partial charge in [0, 0.05) is 13.2 Å². The molecule has 1 aromatic carbocycles. The molecule has 148 valence electrons. The minimum absolute atomic E-state index is 0. The predicted molar refractivity (Wildman–Crippen MR) is 104 cm³/mol. The van der Waals surface area contributed by atoms with Gasteiger partial charge in [0.15, 0.2) is 0 Å². The average molecular weight is 398 g/mol. The number of ether oxygens (including phenoxy) is 1. The van der Waals surface area contributed by atoms with E-state index >= 15 is 0 Å². The third kappa shape index (κ3) is 17.5. The maximum absolute atomic E-state index is 10.9. The number of hydrogen-bond acceptors (Lipinski definition) is 3. The molecule has 0 fully saturated rings. The first-order valence-corrected chi connectivity index (χ1v) is 10.9. The molecule has 1 rings (SSSR count). The molecule has 0 unspecified atom stereocenters. The fourth-order valence-electron chi connectivity index (χ4n) is 2.40. The van der Waals surface area contributed by atoms with Gasteiger partial charge in [0.2, 0.25) is 0 Å². The maximum atomic E-state index is 10.9. The van der Waals surface area contributed by atoms with Gasteiger partial charge in [-0.3, -0.25) is 9.79 Å². The fraction of sp³-hybridized carbons (Fsp3) is 0.684. The molecule has 0 aliphatic rings. The van der Waals surface area contributed by atoms with Crippen LogP contribution < -0.4 is 34.1 Å². The summed E-state index contributed by atoms with van der Waals surface area (Å²) in [7, 11) is -4.47. The van der Waals surface area contributed by atoms with Gasteiger partial charge in [-0.05, 0) is 38.3 Å². The van der Waals surface area contributed by atoms with Crippen LogP contribution in [0.4, 0.5) is 0 Å². The van der Waals surface area contributed by atoms with Gasteiger partial charge in [-0.1, -0.05) is 63.6 Å². The van der Waals surface area contributed by atoms with Crippen LogP contribution in [0.2, 0.25) is 0 Å². The molecule has 0 atom stereocenters. The minimum Gasteiger partial charge on any atom is -1.00 e. The molecule has 5 nitrogen and oxygen atoms in total. The number of unbranched alkanes of at least 4 members (excludes halogenated alkanes) is 6. The first-order valence-electron chi connectivity index (χ1n) is 9.35. The van der Waals surface area contributed by atoms with E-state index in [0.29, 0.717) is 5.75 Å². The van der Waals surface area contributed by atoms with Gasteiger partial charge in [0.05, 0.1) is 0 Å². The molecule has 26 heavy (non-hydrogen) atoms. The summed E-state index contributed by atoms with van der Waals surface area (Å²) in [6.45, 7) is 7.87. The Bertz CT molecular complexity index is 483. The zero-order chi connectivity index (χ0) is 19.0. The van der Waals surface area contributed by atoms with Crippen LogP contribution >= 0.6 is 7.82 Å². The molecule has 2 N–H and O–H groups in total. The smallest absolute Gasteiger partial charge is 1.00 e. The van der Waals surface area contributed by atoms with Crippen molar-refractivity contribution in [3.63, 3.8) is 0 Å². The summed E-state index contributed by atoms with van der Waals surface area (Å²) in [5.41, 5.74) is 0.865. The van der Waals surface area contributed by atoms with E-state index in [2.05, 4.69) is 6.92 Å². The number of aryl methyl sites for hydroxylation is 1. The van der Waals surface area contributed by atoms with Crippen molar-refractivity contribution in [3.05, 3.63) is 29.8 Å². The Morgan fingerprint density at radius 3 is 1.96 bits per heavy atom. The molecule has 0 aromatic heterocycles. The van der Waals surface area contributed by atoms with Crippen molar-refractivity contribution in [2.45, 2.75) is 72.1 Å². The van der Waals surface area contributed by atoms with E-state index in [4.69, 9.17) is 19.0 Å². The summed E-state index contributed by atoms with van der Waals surface area (Å²) < 4.78 is 20.4. The molecule has 0 heterocycles. The Labute approximate surface area is 182 Å². The Morgan fingerprint density at radius 2 is 1.46 bits per heavy atom. The van der Waals surface area contributed by atoms with Gasteiger partial charge < -0.3 is 10.7 Å². The van der Waals surface area contributed by atoms with E-state index in [9.17, 15) is 4.57 Å². The molecule has 0 saturated carbocycles. The largest absolute Gasteiger partial charge is 1.00 e. The van der Waals surface area contributed by atoms with Crippen molar-refractivity contribution < 1.29 is 54.6 Å². The fourth-order valence-corrected chi connectivity index (χ4v) is 2.84. The minimum atomic E-state index is -4.47. The molecule has 0 bridgehead atoms. The molecule has 0 aliphatic carbocycles. The van der Waals surface area contributed by atoms with Crippen LogP contribution in [0.25, 0.3) is 0 Å². The zero-order valence-electron chi connectivity index (χ0n) is 17.9. The molecule has 0 aliphatic heterocycles. The average Bonchev–Trinajstić information content (AvgIpc) is 2.55. The molecule has 0 saturated heterocycles. The van der Waals surface area contributed by atoms with Gasteiger partial charge in [-0.25, -0.2) is 4.57 Å². The SMILES string of the molecule is CCCCCCCCCc1ccccc1OP(=O)(O)O.CCOCC.[H-].[Na+]. The maximum Gasteiger partial charge on any atom is 1.00 e. The second kappa shape index (κ2) is 18.5. The Hall–Kier alpha value is 0.130. The molecule has 7 heteroatoms. The predicted octanol–water partition coefficient (Wildman–Crippen LogP) is 2.61. The second-order valence-corrected chi connectivity index (χ2v) is 7.01. The van der Waals surface area contributed by atoms with Crippen LogP contribution in [0.15, 0.2) is 24.3 Å². The molecule has 0 spiro atoms. The van der Waals surface area contributed by atoms with Crippen molar-refractivity contribution >= 4 is 7.82 Å². The summed E-state index contributed by atoms with van der Waals surface area (Å²) >= 11 is 0. The van der Waals surface area contributed by atoms with E-state index in [1.54, 1.807) is 12.1 Å². The standard InChI is InChI=1S/C15H25O4P.C4H10O.Na.H/c1-2-3-4-5-6-7-8-11-14-12-9-10-13-15(14)19-20(16,17)18;1-3-5-4-2;;/h9-10,12-13H,2-8,11H2,1H3,(H2,16,17,18);3-4H2,1-2H3;;/q;;+1;-1. The van der Waals surface area contributed by atoms with Gasteiger partial charge in [-0.15, -0.1) is 0 Å². The van der Waals surface area contributed by atoms with E-state index < -0.39 is 7.82 Å². The van der Waals surface area contributed by atoms with Crippen LogP contribution in [0.3, 0.4) is 0 Å². The first kappa shape index (κ1) is 28.3. The zero-order valence-corrected chi connectivity index (χ0v) is 19.8. The number of phosphoric acid groups is 1. The van der Waals surface area contributed by atoms with Crippen LogP contribution in [-0.4, -0.2) is 23.0 Å². The summed E-state index contributed by atoms with van der Waals surface area (Å²) in [6.07, 6.45) is 9.32. The van der Waals surface area contributed by atoms with Crippen molar-refractivity contribution in [2.24, 2.45) is 0 Å². The van der Waals surface area contributed by atoms with Crippen molar-refractivity contribution in [2.75, 3.05) is 13.2 Å². The van der Waals surface area contributed by atoms with Gasteiger partial charge in [0.1, 0.15) is 5.75 Å². The Balaban J connectivity index is -0.000000729. The number of rotatable bonds is 12. The van der Waals surface area contributed by atoms with E-state index in [1.807, 2.05) is 26.0 Å². The first-order chi connectivity index (χ1) is 11.9. The molecule has 1 aromatic rings. The molecule has 0 radical (unpaired) electrons. The molecular formula is C19H36NaO5P. The molecule has 0 amide bonds. The monoisotopic (exact) mass is 398 g/mol. The summed E-state index contributed by atoms with van der Waals surface area (Å²) in [4.78, 5) is 17.8. The number of para-hydroxylation sites is 1. The van der Waals surface area contributed by atoms with Crippen LogP contribution in [0.1, 0.15) is 72.7 Å². The Morgan fingerprint density at radius 1 is 0.923 bits per heavy atom. The number of phosphoric ester groups is 1. The third-order valence-electron chi connectivity index (χ3n) is 3.65. The topological polar surface area (TPSA) is 76.0 Å². The van der Waals surface area contributed by atoms with Crippen LogP contribution in [0.5, 0.6) is 5.75 Å². The van der Waals surface area contributed by atoms with Crippen molar-refractivity contribution in [1.29, 1.82) is 0 Å². The Kier molecular flexibility index (Phi) is 20.2. The van der Waals surface area contributed by atoms with Crippen LogP contribution in [0, 0.1) is 0 Å². The van der Waals surface area contributed by atoms with E-state index in [-0.39, 0.29) is 31.0 Å². The van der Waals surface area contributed by atoms with Gasteiger partial charge >= 0.3 is 37.4 Å². The van der Waals surface area contributed by atoms with E-state index in [0.717, 1.165) is 38.0 Å². The van der Waals surface area contributed by atoms with Crippen LogP contribution in [-0.2, 0) is 15.7 Å². The number of benzene rings is 1. The summed E-state index contributed by atoms with van der Waals surface area (Å²) in [5.74, 6) is 0.298. The normalized spacial score (nSPS) is 10.5. The third-order valence-corrected chi connectivity index (χ3v) is 4.08. The summed E-state index contributed by atoms with van der Waals surface area (Å²) in [6, 6.07) is 7.06. The number of hydrogen-bond donors (Lipinski definition) is 2. The quantitative estimate of drug-likeness (QED) is 0.322.